The third-order valence-corrected chi connectivity index (χ3v) is 28.9. The molecule has 5 aromatic carbocycles. The van der Waals surface area contributed by atoms with Crippen LogP contribution in [0.2, 0.25) is 0 Å². The number of fused-ring (bicyclic) bond motifs is 7. The van der Waals surface area contributed by atoms with E-state index in [0.29, 0.717) is 0 Å². The highest BCUT2D eigenvalue weighted by Crippen LogP contribution is 2.58. The first-order valence-corrected chi connectivity index (χ1v) is 45.4. The van der Waals surface area contributed by atoms with Gasteiger partial charge in [-0.05, 0) is 186 Å². The van der Waals surface area contributed by atoms with Gasteiger partial charge in [-0.3, -0.25) is 0 Å². The molecule has 5 aromatic heterocycles. The van der Waals surface area contributed by atoms with Crippen molar-refractivity contribution in [2.75, 3.05) is 0 Å². The largest absolute Gasteiger partial charge is 0.172 e. The first kappa shape index (κ1) is 76.4. The van der Waals surface area contributed by atoms with Crippen LogP contribution in [-0.4, -0.2) is 8.75 Å². The lowest BCUT2D eigenvalue weighted by molar-refractivity contribution is 0.397. The average molecular weight is 1450 g/mol. The molecule has 7 heteroatoms. The summed E-state index contributed by atoms with van der Waals surface area (Å²) < 4.78 is 10.2. The molecule has 0 saturated carbocycles. The molecule has 0 amide bonds. The number of thiophene rings is 4. The minimum atomic E-state index is -0.0349. The third kappa shape index (κ3) is 17.9. The predicted molar refractivity (Wildman–Crippen MR) is 455 cm³/mol. The van der Waals surface area contributed by atoms with Gasteiger partial charge in [-0.2, -0.15) is 8.75 Å². The van der Waals surface area contributed by atoms with E-state index in [1.807, 2.05) is 45.3 Å². The zero-order chi connectivity index (χ0) is 70.7. The van der Waals surface area contributed by atoms with Crippen LogP contribution in [0.5, 0.6) is 0 Å². The van der Waals surface area contributed by atoms with Gasteiger partial charge >= 0.3 is 0 Å². The van der Waals surface area contributed by atoms with E-state index in [2.05, 4.69) is 177 Å². The van der Waals surface area contributed by atoms with Crippen molar-refractivity contribution in [3.05, 3.63) is 176 Å². The fourth-order valence-electron chi connectivity index (χ4n) is 17.8. The molecule has 5 heterocycles. The molecule has 542 valence electrons. The van der Waals surface area contributed by atoms with Gasteiger partial charge in [-0.15, -0.1) is 45.3 Å². The maximum Gasteiger partial charge on any atom is 0.114 e. The number of aryl methyl sites for hydroxylation is 4. The second-order valence-corrected chi connectivity index (χ2v) is 36.3. The van der Waals surface area contributed by atoms with Gasteiger partial charge in [0.25, 0.3) is 0 Å². The van der Waals surface area contributed by atoms with E-state index in [0.717, 1.165) is 30.3 Å². The Labute approximate surface area is 637 Å². The molecule has 102 heavy (non-hydrogen) atoms. The van der Waals surface area contributed by atoms with Gasteiger partial charge in [-0.1, -0.05) is 313 Å². The van der Waals surface area contributed by atoms with Crippen LogP contribution in [0, 0.1) is 13.8 Å². The molecule has 2 aliphatic rings. The summed E-state index contributed by atoms with van der Waals surface area (Å²) in [6.07, 6.45) is 50.2. The number of nitrogens with zero attached hydrogens (tertiary/aromatic N) is 2. The Morgan fingerprint density at radius 1 is 0.304 bits per heavy atom. The van der Waals surface area contributed by atoms with E-state index in [-0.39, 0.29) is 10.8 Å². The normalized spacial score (nSPS) is 13.4. The Morgan fingerprint density at radius 2 is 0.706 bits per heavy atom. The quantitative estimate of drug-likeness (QED) is 0.0356. The van der Waals surface area contributed by atoms with E-state index in [4.69, 9.17) is 8.75 Å². The van der Waals surface area contributed by atoms with Crippen LogP contribution in [0.4, 0.5) is 0 Å². The van der Waals surface area contributed by atoms with Gasteiger partial charge in [0.15, 0.2) is 0 Å². The highest BCUT2D eigenvalue weighted by atomic mass is 32.1. The molecule has 0 fully saturated rings. The van der Waals surface area contributed by atoms with E-state index < -0.39 is 0 Å². The van der Waals surface area contributed by atoms with Gasteiger partial charge in [0, 0.05) is 67.4 Å². The molecule has 0 N–H and O–H groups in total. The topological polar surface area (TPSA) is 25.8 Å². The Balaban J connectivity index is 0.851. The van der Waals surface area contributed by atoms with Crippen molar-refractivity contribution in [1.29, 1.82) is 0 Å². The van der Waals surface area contributed by atoms with E-state index >= 15 is 0 Å². The highest BCUT2D eigenvalue weighted by molar-refractivity contribution is 7.24. The zero-order valence-electron chi connectivity index (χ0n) is 64.1. The van der Waals surface area contributed by atoms with Crippen LogP contribution in [0.15, 0.2) is 121 Å². The highest BCUT2D eigenvalue weighted by Gasteiger charge is 2.44. The van der Waals surface area contributed by atoms with Crippen molar-refractivity contribution in [3.8, 4) is 73.8 Å². The summed E-state index contributed by atoms with van der Waals surface area (Å²) in [5.41, 5.74) is 25.7. The summed E-state index contributed by atoms with van der Waals surface area (Å²) in [5.74, 6) is 0. The minimum absolute atomic E-state index is 0.0349. The molecule has 12 rings (SSSR count). The average Bonchev–Trinajstić information content (AvgIpc) is 1.57. The lowest BCUT2D eigenvalue weighted by Gasteiger charge is -2.33. The minimum Gasteiger partial charge on any atom is -0.172 e. The van der Waals surface area contributed by atoms with Crippen molar-refractivity contribution in [2.24, 2.45) is 0 Å². The summed E-state index contributed by atoms with van der Waals surface area (Å²) in [5, 5.41) is 0. The summed E-state index contributed by atoms with van der Waals surface area (Å²) >= 11 is 9.35. The summed E-state index contributed by atoms with van der Waals surface area (Å²) in [4.78, 5) is 11.2. The molecule has 2 aliphatic carbocycles. The van der Waals surface area contributed by atoms with E-state index in [9.17, 15) is 0 Å². The van der Waals surface area contributed by atoms with Crippen LogP contribution in [-0.2, 0) is 30.1 Å². The first-order valence-electron chi connectivity index (χ1n) is 41.4. The fourth-order valence-corrected chi connectivity index (χ4v) is 22.8. The number of aromatic nitrogens is 2. The Kier molecular flexibility index (Phi) is 28.3. The van der Waals surface area contributed by atoms with Crippen LogP contribution in [0.25, 0.3) is 84.8 Å². The van der Waals surface area contributed by atoms with Crippen molar-refractivity contribution in [3.63, 3.8) is 0 Å². The first-order chi connectivity index (χ1) is 50.1. The molecule has 0 bridgehead atoms. The Morgan fingerprint density at radius 3 is 1.25 bits per heavy atom. The zero-order valence-corrected chi connectivity index (χ0v) is 68.1. The number of benzene rings is 5. The van der Waals surface area contributed by atoms with Crippen molar-refractivity contribution in [2.45, 2.75) is 317 Å². The summed E-state index contributed by atoms with van der Waals surface area (Å²) in [7, 11) is 0. The van der Waals surface area contributed by atoms with Gasteiger partial charge in [0.1, 0.15) is 11.0 Å². The molecular weight excluding hydrogens is 1330 g/mol. The van der Waals surface area contributed by atoms with Crippen LogP contribution in [0.1, 0.15) is 327 Å². The van der Waals surface area contributed by atoms with Crippen LogP contribution < -0.4 is 0 Å². The monoisotopic (exact) mass is 1450 g/mol. The van der Waals surface area contributed by atoms with Crippen molar-refractivity contribution >= 4 is 68.1 Å². The molecule has 2 nitrogen and oxygen atoms in total. The Bertz CT molecular complexity index is 4230. The number of rotatable bonds is 45. The molecular formula is C95H122N2S5. The second-order valence-electron chi connectivity index (χ2n) is 31.2. The molecule has 0 atom stereocenters. The number of hydrogen-bond donors (Lipinski definition) is 0. The molecule has 0 radical (unpaired) electrons. The maximum atomic E-state index is 5.12. The molecule has 0 aliphatic heterocycles. The number of unbranched alkanes of at least 4 members (excludes halogenated alkanes) is 26. The van der Waals surface area contributed by atoms with Crippen molar-refractivity contribution < 1.29 is 0 Å². The van der Waals surface area contributed by atoms with E-state index in [1.54, 1.807) is 22.3 Å². The SMILES string of the molecule is CCCCCCCCC1(CCCCCCCC)c2cc(C)ccc2-c2ccc(-c3ccc(-c4ccc(Cc5ccc6c(c5)C(CCCCCCCC)(CCCCCCCC)c5cc(-c7sc(-c8ccc(-c9cc(CCCCCC)c(C)s9)c9nsnc89)cc7CCCCCC)ccc5-6)s4)s3)cc21. The molecule has 0 saturated heterocycles. The van der Waals surface area contributed by atoms with Gasteiger partial charge in [0.2, 0.25) is 0 Å². The lowest BCUT2D eigenvalue weighted by atomic mass is 9.70. The van der Waals surface area contributed by atoms with Crippen LogP contribution >= 0.6 is 57.1 Å². The summed E-state index contributed by atoms with van der Waals surface area (Å²) in [6.45, 7) is 18.7. The summed E-state index contributed by atoms with van der Waals surface area (Å²) in [6, 6.07) is 50.2. The van der Waals surface area contributed by atoms with Gasteiger partial charge < -0.3 is 0 Å². The third-order valence-electron chi connectivity index (χ3n) is 23.6. The van der Waals surface area contributed by atoms with Crippen molar-refractivity contribution in [1.82, 2.24) is 8.75 Å². The van der Waals surface area contributed by atoms with Gasteiger partial charge in [-0.25, -0.2) is 0 Å². The van der Waals surface area contributed by atoms with E-state index in [1.165, 1.54) is 349 Å². The second kappa shape index (κ2) is 37.8. The fraction of sp³-hybridized carbons (Fsp3) is 0.516. The molecule has 0 unspecified atom stereocenters. The lowest BCUT2D eigenvalue weighted by Crippen LogP contribution is -2.26. The number of hydrogen-bond acceptors (Lipinski definition) is 7. The van der Waals surface area contributed by atoms with Crippen LogP contribution in [0.3, 0.4) is 0 Å². The Hall–Kier alpha value is -5.28. The molecule has 10 aromatic rings. The smallest absolute Gasteiger partial charge is 0.114 e. The van der Waals surface area contributed by atoms with Gasteiger partial charge in [0.05, 0.1) is 11.7 Å². The molecule has 0 spiro atoms. The maximum absolute atomic E-state index is 5.12. The predicted octanol–water partition coefficient (Wildman–Crippen LogP) is 32.3. The standard InChI is InChI=1S/C95H122N2S5/c1-9-15-21-27-31-37-57-94(58-38-32-28-22-16-10-2)82-61-68(7)43-48-76(82)78-50-45-72(64-84(78)94)86-55-56-88(100-86)87-54-47-75(99-87)62-70-44-49-77-79-51-46-74(65-85(79)95(83(77)63-70,59-39-33-29-23-17-11-3)60-40-34-30-24-18-12-4)93-73(42-36-26-20-14-6)67-90(101-93)81-53-52-80(91-92(81)97-102-96-91)89-66-71(69(8)98-89)41-35-25-19-13-5/h43-56,61,63-67H,9-42,57-60,62H2,1-8H3.